The number of rotatable bonds is 96. The highest BCUT2D eigenvalue weighted by molar-refractivity contribution is 5.68. The molecule has 0 bridgehead atoms. The van der Waals surface area contributed by atoms with Crippen LogP contribution in [0.25, 0.3) is 0 Å². The highest BCUT2D eigenvalue weighted by Crippen LogP contribution is 2.37. The van der Waals surface area contributed by atoms with Gasteiger partial charge in [0.05, 0.1) is 159 Å². The second-order valence-electron chi connectivity index (χ2n) is 36.6. The molecule has 3 N–H and O–H groups in total. The molecule has 21 heteroatoms. The van der Waals surface area contributed by atoms with E-state index in [1.165, 1.54) is 154 Å². The summed E-state index contributed by atoms with van der Waals surface area (Å²) in [6, 6.07) is 35.6. The maximum absolute atomic E-state index is 8.94. The lowest BCUT2D eigenvalue weighted by Crippen LogP contribution is -2.12. The first-order valence-electron chi connectivity index (χ1n) is 55.1. The molecule has 7 rings (SSSR count). The van der Waals surface area contributed by atoms with Gasteiger partial charge in [-0.2, -0.15) is 0 Å². The van der Waals surface area contributed by atoms with Gasteiger partial charge in [0.25, 0.3) is 0 Å². The third-order valence-electron chi connectivity index (χ3n) is 24.4. The van der Waals surface area contributed by atoms with E-state index in [9.17, 15) is 0 Å². The summed E-state index contributed by atoms with van der Waals surface area (Å²) in [5.74, 6) is 30.5. The Labute approximate surface area is 850 Å². The second-order valence-corrected chi connectivity index (χ2v) is 36.6. The van der Waals surface area contributed by atoms with Crippen LogP contribution < -0.4 is 56.8 Å². The van der Waals surface area contributed by atoms with Crippen molar-refractivity contribution in [2.24, 2.45) is 0 Å². The zero-order valence-electron chi connectivity index (χ0n) is 87.1. The zero-order chi connectivity index (χ0) is 99.1. The fourth-order valence-electron chi connectivity index (χ4n) is 16.3. The summed E-state index contributed by atoms with van der Waals surface area (Å²) in [5, 5.41) is 26.8. The molecule has 1 aliphatic carbocycles. The molecule has 0 saturated heterocycles. The van der Waals surface area contributed by atoms with Crippen molar-refractivity contribution in [2.45, 2.75) is 329 Å². The van der Waals surface area contributed by atoms with Crippen LogP contribution in [0.2, 0.25) is 0 Å². The van der Waals surface area contributed by atoms with E-state index in [1.807, 2.05) is 72.8 Å². The molecule has 0 spiro atoms. The molecule has 0 atom stereocenters. The maximum atomic E-state index is 8.94. The van der Waals surface area contributed by atoms with Gasteiger partial charge < -0.3 is 101 Å². The molecule has 0 fully saturated rings. The molecule has 6 aromatic rings. The van der Waals surface area contributed by atoms with Crippen LogP contribution in [-0.2, 0) is 28.4 Å². The number of aliphatic hydroxyl groups excluding tert-OH is 3. The van der Waals surface area contributed by atoms with Crippen molar-refractivity contribution in [3.8, 4) is 105 Å². The summed E-state index contributed by atoms with van der Waals surface area (Å²) in [4.78, 5) is 0. The predicted molar refractivity (Wildman–Crippen MR) is 567 cm³/mol. The molecule has 0 amide bonds. The summed E-state index contributed by atoms with van der Waals surface area (Å²) < 4.78 is 110. The molecule has 0 unspecified atom stereocenters. The van der Waals surface area contributed by atoms with Crippen molar-refractivity contribution in [1.29, 1.82) is 0 Å². The summed E-state index contributed by atoms with van der Waals surface area (Å²) in [6.45, 7) is 18.1. The normalized spacial score (nSPS) is 11.4. The maximum Gasteiger partial charge on any atom is 0.162 e. The standard InChI is InChI=1S/C120H180O21/c1-4-7-10-13-16-19-22-25-37-46-73-136-115-94-103-61-64-107-98-119(140-77-50-41-32-29-35-44-71-131-110-56-53-59-113(101-110)134-92-89-128-86-83-125-80-68-122)117(138-75-48-39-27-24-21-18-15-12-9-6-3)96-105(107)63-66-108-99-120(141-78-51-42-33-30-36-45-72-132-111-57-54-60-114(102-111)135-93-90-129-87-84-126-81-69-123)116(137-74-47-38-26-23-20-17-14-11-8-5-2)95-104(108)62-65-106(103)97-118(115)139-76-49-40-31-28-34-43-70-130-109-55-52-58-112(100-109)133-91-88-127-85-82-124-79-67-121/h52-60,94-102,121-123H,4-51,67-93H2,1-3H3. The SMILES string of the molecule is CCCCCCCCCCCCOc1cc2c(cc1OCCCCCCCCOc1cccc(OCCOCCOCCO)c1)C#Cc1cc(OCCCCCCCCCCCC)c(OCCCCCCCCOc3cccc(OCCOCCOCCO)c3)cc1C#Cc1cc(OCCCCCCCCCCCC)c(OCCCCCCCCOc3cccc(OCCOCCOCCO)c3)cc1C#C2. The van der Waals surface area contributed by atoms with E-state index >= 15 is 0 Å². The minimum Gasteiger partial charge on any atom is -0.493 e. The number of benzene rings is 6. The highest BCUT2D eigenvalue weighted by Gasteiger charge is 2.19. The summed E-state index contributed by atoms with van der Waals surface area (Å²) in [6.07, 6.45) is 54.9. The van der Waals surface area contributed by atoms with E-state index in [0.717, 1.165) is 222 Å². The summed E-state index contributed by atoms with van der Waals surface area (Å²) in [5.41, 5.74) is 4.32. The second kappa shape index (κ2) is 84.6. The largest absolute Gasteiger partial charge is 0.493 e. The third-order valence-corrected chi connectivity index (χ3v) is 24.4. The first-order valence-corrected chi connectivity index (χ1v) is 55.1. The number of aliphatic hydroxyl groups is 3. The van der Waals surface area contributed by atoms with E-state index in [2.05, 4.69) is 92.7 Å². The molecule has 0 aliphatic heterocycles. The Morgan fingerprint density at radius 3 is 0.468 bits per heavy atom. The van der Waals surface area contributed by atoms with Gasteiger partial charge in [0, 0.05) is 88.0 Å². The molecular weight excluding hydrogens is 1780 g/mol. The van der Waals surface area contributed by atoms with Gasteiger partial charge in [0.15, 0.2) is 34.5 Å². The molecule has 6 aromatic carbocycles. The Bertz CT molecular complexity index is 3840. The van der Waals surface area contributed by atoms with E-state index in [0.29, 0.717) is 193 Å². The Morgan fingerprint density at radius 2 is 0.298 bits per heavy atom. The van der Waals surface area contributed by atoms with Gasteiger partial charge in [-0.25, -0.2) is 0 Å². The summed E-state index contributed by atoms with van der Waals surface area (Å²) >= 11 is 0. The Hall–Kier alpha value is -8.76. The number of hydrogen-bond acceptors (Lipinski definition) is 21. The number of ether oxygens (including phenoxy) is 18. The topological polar surface area (TPSA) is 227 Å². The molecule has 1 aliphatic rings. The van der Waals surface area contributed by atoms with Crippen LogP contribution in [0.1, 0.15) is 362 Å². The number of hydrogen-bond donors (Lipinski definition) is 3. The van der Waals surface area contributed by atoms with E-state index in [1.54, 1.807) is 0 Å². The summed E-state index contributed by atoms with van der Waals surface area (Å²) in [7, 11) is 0. The Morgan fingerprint density at radius 1 is 0.156 bits per heavy atom. The van der Waals surface area contributed by atoms with Crippen LogP contribution >= 0.6 is 0 Å². The van der Waals surface area contributed by atoms with Crippen molar-refractivity contribution >= 4 is 0 Å². The van der Waals surface area contributed by atoms with Gasteiger partial charge in [0.1, 0.15) is 54.3 Å². The molecule has 0 aromatic heterocycles. The monoisotopic (exact) mass is 1960 g/mol. The fourth-order valence-corrected chi connectivity index (χ4v) is 16.3. The van der Waals surface area contributed by atoms with Crippen molar-refractivity contribution in [1.82, 2.24) is 0 Å². The lowest BCUT2D eigenvalue weighted by atomic mass is 10.0. The molecule has 786 valence electrons. The van der Waals surface area contributed by atoms with Gasteiger partial charge in [-0.3, -0.25) is 0 Å². The van der Waals surface area contributed by atoms with Crippen molar-refractivity contribution < 1.29 is 101 Å². The van der Waals surface area contributed by atoms with Gasteiger partial charge in [-0.15, -0.1) is 0 Å². The predicted octanol–water partition coefficient (Wildman–Crippen LogP) is 26.7. The van der Waals surface area contributed by atoms with Crippen LogP contribution in [0, 0.1) is 35.5 Å². The lowest BCUT2D eigenvalue weighted by molar-refractivity contribution is 0.0247. The van der Waals surface area contributed by atoms with E-state index < -0.39 is 0 Å². The lowest BCUT2D eigenvalue weighted by Gasteiger charge is -2.16. The van der Waals surface area contributed by atoms with E-state index in [4.69, 9.17) is 101 Å². The Balaban J connectivity index is 1.13. The third kappa shape index (κ3) is 59.3. The average Bonchev–Trinajstić information content (AvgIpc) is 0.795. The average molecular weight is 1960 g/mol. The fraction of sp³-hybridized carbons (Fsp3) is 0.650. The van der Waals surface area contributed by atoms with Crippen molar-refractivity contribution in [2.75, 3.05) is 178 Å². The molecule has 0 heterocycles. The van der Waals surface area contributed by atoms with Crippen LogP contribution in [-0.4, -0.2) is 194 Å². The van der Waals surface area contributed by atoms with Gasteiger partial charge in [0.2, 0.25) is 0 Å². The van der Waals surface area contributed by atoms with Crippen molar-refractivity contribution in [3.05, 3.63) is 143 Å². The van der Waals surface area contributed by atoms with Crippen LogP contribution in [0.15, 0.2) is 109 Å². The first kappa shape index (κ1) is 119. The molecule has 0 saturated carbocycles. The quantitative estimate of drug-likeness (QED) is 0.0238. The number of unbranched alkanes of at least 4 members (excludes halogenated alkanes) is 42. The Kier molecular flexibility index (Phi) is 71.5. The molecule has 0 radical (unpaired) electrons. The minimum atomic E-state index is -0.000180. The van der Waals surface area contributed by atoms with Crippen LogP contribution in [0.4, 0.5) is 0 Å². The highest BCUT2D eigenvalue weighted by atomic mass is 16.6. The number of fused-ring (bicyclic) bond motifs is 3. The minimum absolute atomic E-state index is 0.000180. The molecular formula is C120H180O21. The van der Waals surface area contributed by atoms with Crippen molar-refractivity contribution in [3.63, 3.8) is 0 Å². The van der Waals surface area contributed by atoms with Gasteiger partial charge >= 0.3 is 0 Å². The van der Waals surface area contributed by atoms with Gasteiger partial charge in [-0.1, -0.05) is 325 Å². The molecule has 141 heavy (non-hydrogen) atoms. The van der Waals surface area contributed by atoms with Crippen LogP contribution in [0.5, 0.6) is 69.0 Å². The van der Waals surface area contributed by atoms with Crippen LogP contribution in [0.3, 0.4) is 0 Å². The molecule has 21 nitrogen and oxygen atoms in total. The smallest absolute Gasteiger partial charge is 0.162 e. The first-order chi connectivity index (χ1) is 69.9. The van der Waals surface area contributed by atoms with Gasteiger partial charge in [-0.05, 0) is 94.2 Å². The zero-order valence-corrected chi connectivity index (χ0v) is 87.1. The van der Waals surface area contributed by atoms with E-state index in [-0.39, 0.29) is 19.8 Å².